The molecule has 0 saturated carbocycles. The van der Waals surface area contributed by atoms with Crippen LogP contribution in [-0.2, 0) is 34.3 Å². The van der Waals surface area contributed by atoms with Gasteiger partial charge in [-0.25, -0.2) is 8.42 Å². The molecule has 25 heavy (non-hydrogen) atoms. The summed E-state index contributed by atoms with van der Waals surface area (Å²) in [6, 6.07) is 14.1. The molecule has 1 heterocycles. The summed E-state index contributed by atoms with van der Waals surface area (Å²) in [4.78, 5) is 12.7. The molecular weight excluding hydrogens is 360 g/mol. The van der Waals surface area contributed by atoms with Crippen LogP contribution in [0.25, 0.3) is 0 Å². The number of hydrogen-bond donors (Lipinski definition) is 1. The van der Waals surface area contributed by atoms with Gasteiger partial charge in [0.1, 0.15) is 6.04 Å². The molecule has 2 aromatic carbocycles. The maximum atomic E-state index is 12.7. The molecule has 1 aliphatic rings. The Morgan fingerprint density at radius 2 is 1.80 bits per heavy atom. The highest BCUT2D eigenvalue weighted by Gasteiger charge is 2.36. The van der Waals surface area contributed by atoms with Gasteiger partial charge in [0.05, 0.1) is 6.26 Å². The van der Waals surface area contributed by atoms with Gasteiger partial charge in [-0.1, -0.05) is 54.1 Å². The lowest BCUT2D eigenvalue weighted by Crippen LogP contribution is -2.52. The van der Waals surface area contributed by atoms with Gasteiger partial charge in [0, 0.05) is 18.1 Å². The Morgan fingerprint density at radius 1 is 1.16 bits per heavy atom. The van der Waals surface area contributed by atoms with Gasteiger partial charge >= 0.3 is 0 Å². The number of carbonyl (C=O) groups excluding carboxylic acids is 1. The minimum atomic E-state index is -3.51. The van der Waals surface area contributed by atoms with Crippen LogP contribution in [0.2, 0.25) is 5.02 Å². The highest BCUT2D eigenvalue weighted by molar-refractivity contribution is 7.88. The molecule has 5 nitrogen and oxygen atoms in total. The van der Waals surface area contributed by atoms with E-state index in [1.165, 1.54) is 4.31 Å². The Kier molecular flexibility index (Phi) is 5.13. The number of carbonyl (C=O) groups is 1. The second kappa shape index (κ2) is 7.15. The monoisotopic (exact) mass is 378 g/mol. The summed E-state index contributed by atoms with van der Waals surface area (Å²) in [6.07, 6.45) is 1.49. The van der Waals surface area contributed by atoms with E-state index in [9.17, 15) is 13.2 Å². The number of sulfonamides is 1. The van der Waals surface area contributed by atoms with Crippen LogP contribution < -0.4 is 5.32 Å². The van der Waals surface area contributed by atoms with E-state index in [0.717, 1.165) is 22.9 Å². The Bertz CT molecular complexity index is 899. The Hall–Kier alpha value is -1.89. The molecule has 0 unspecified atom stereocenters. The van der Waals surface area contributed by atoms with Crippen molar-refractivity contribution in [2.24, 2.45) is 0 Å². The molecule has 3 rings (SSSR count). The molecule has 7 heteroatoms. The Morgan fingerprint density at radius 3 is 2.48 bits per heavy atom. The highest BCUT2D eigenvalue weighted by Crippen LogP contribution is 2.25. The molecule has 2 aromatic rings. The van der Waals surface area contributed by atoms with E-state index in [2.05, 4.69) is 5.32 Å². The van der Waals surface area contributed by atoms with Crippen molar-refractivity contribution in [2.75, 3.05) is 6.26 Å². The number of halogens is 1. The summed E-state index contributed by atoms with van der Waals surface area (Å²) < 4.78 is 25.6. The largest absolute Gasteiger partial charge is 0.351 e. The lowest BCUT2D eigenvalue weighted by atomic mass is 9.95. The van der Waals surface area contributed by atoms with Crippen LogP contribution >= 0.6 is 11.6 Å². The predicted octanol–water partition coefficient (Wildman–Crippen LogP) is 2.34. The van der Waals surface area contributed by atoms with Crippen molar-refractivity contribution in [3.05, 3.63) is 70.2 Å². The van der Waals surface area contributed by atoms with Crippen molar-refractivity contribution in [3.63, 3.8) is 0 Å². The third-order valence-electron chi connectivity index (χ3n) is 4.34. The van der Waals surface area contributed by atoms with Crippen LogP contribution in [0.5, 0.6) is 0 Å². The van der Waals surface area contributed by atoms with E-state index in [1.807, 2.05) is 42.5 Å². The zero-order chi connectivity index (χ0) is 18.0. The molecule has 1 amide bonds. The molecule has 1 aliphatic heterocycles. The average Bonchev–Trinajstić information content (AvgIpc) is 2.59. The van der Waals surface area contributed by atoms with Gasteiger partial charge in [-0.3, -0.25) is 4.79 Å². The number of nitrogens with one attached hydrogen (secondary N) is 1. The number of fused-ring (bicyclic) bond motifs is 1. The van der Waals surface area contributed by atoms with Gasteiger partial charge < -0.3 is 5.32 Å². The van der Waals surface area contributed by atoms with E-state index in [4.69, 9.17) is 11.6 Å². The number of hydrogen-bond acceptors (Lipinski definition) is 3. The van der Waals surface area contributed by atoms with E-state index in [0.29, 0.717) is 11.4 Å². The minimum absolute atomic E-state index is 0.208. The van der Waals surface area contributed by atoms with E-state index in [-0.39, 0.29) is 19.0 Å². The van der Waals surface area contributed by atoms with Crippen LogP contribution in [0, 0.1) is 0 Å². The van der Waals surface area contributed by atoms with E-state index < -0.39 is 16.1 Å². The first kappa shape index (κ1) is 17.9. The van der Waals surface area contributed by atoms with Crippen LogP contribution in [0.1, 0.15) is 16.7 Å². The van der Waals surface area contributed by atoms with Gasteiger partial charge in [0.15, 0.2) is 0 Å². The number of rotatable bonds is 4. The summed E-state index contributed by atoms with van der Waals surface area (Å²) in [5.74, 6) is -0.320. The summed E-state index contributed by atoms with van der Waals surface area (Å²) >= 11 is 6.10. The van der Waals surface area contributed by atoms with Crippen LogP contribution in [0.3, 0.4) is 0 Å². The fourth-order valence-electron chi connectivity index (χ4n) is 3.01. The van der Waals surface area contributed by atoms with Crippen LogP contribution in [0.15, 0.2) is 48.5 Å². The first-order chi connectivity index (χ1) is 11.9. The van der Waals surface area contributed by atoms with Crippen molar-refractivity contribution in [3.8, 4) is 0 Å². The van der Waals surface area contributed by atoms with Crippen molar-refractivity contribution in [1.29, 1.82) is 0 Å². The zero-order valence-corrected chi connectivity index (χ0v) is 15.3. The molecular formula is C18H19ClN2O3S. The third-order valence-corrected chi connectivity index (χ3v) is 5.95. The summed E-state index contributed by atoms with van der Waals surface area (Å²) in [5, 5.41) is 3.38. The number of nitrogens with zero attached hydrogens (tertiary/aromatic N) is 1. The Labute approximate surface area is 152 Å². The second-order valence-electron chi connectivity index (χ2n) is 6.11. The first-order valence-corrected chi connectivity index (χ1v) is 10.1. The van der Waals surface area contributed by atoms with Gasteiger partial charge in [0.25, 0.3) is 0 Å². The number of amides is 1. The maximum absolute atomic E-state index is 12.7. The fourth-order valence-corrected chi connectivity index (χ4v) is 4.22. The second-order valence-corrected chi connectivity index (χ2v) is 8.45. The van der Waals surface area contributed by atoms with Crippen molar-refractivity contribution in [1.82, 2.24) is 9.62 Å². The molecule has 1 N–H and O–H groups in total. The lowest BCUT2D eigenvalue weighted by Gasteiger charge is -2.34. The molecule has 0 radical (unpaired) electrons. The van der Waals surface area contributed by atoms with Crippen LogP contribution in [-0.4, -0.2) is 30.9 Å². The quantitative estimate of drug-likeness (QED) is 0.888. The average molecular weight is 379 g/mol. The standard InChI is InChI=1S/C18H19ClN2O3S/c1-25(23,24)21-12-15-8-3-2-6-13(15)10-17(21)18(22)20-11-14-7-4-5-9-16(14)19/h2-9,17H,10-12H2,1H3,(H,20,22)/t17-/m0/s1. The summed E-state index contributed by atoms with van der Waals surface area (Å²) in [6.45, 7) is 0.466. The SMILES string of the molecule is CS(=O)(=O)N1Cc2ccccc2C[C@H]1C(=O)NCc1ccccc1Cl. The molecule has 1 atom stereocenters. The molecule has 132 valence electrons. The van der Waals surface area contributed by atoms with Crippen molar-refractivity contribution >= 4 is 27.5 Å². The Balaban J connectivity index is 1.81. The summed E-state index contributed by atoms with van der Waals surface area (Å²) in [7, 11) is -3.51. The van der Waals surface area contributed by atoms with E-state index >= 15 is 0 Å². The smallest absolute Gasteiger partial charge is 0.239 e. The van der Waals surface area contributed by atoms with E-state index in [1.54, 1.807) is 6.07 Å². The molecule has 0 aromatic heterocycles. The van der Waals surface area contributed by atoms with Gasteiger partial charge in [-0.05, 0) is 29.2 Å². The molecule has 0 bridgehead atoms. The number of benzene rings is 2. The van der Waals surface area contributed by atoms with Crippen LogP contribution in [0.4, 0.5) is 0 Å². The summed E-state index contributed by atoms with van der Waals surface area (Å²) in [5.41, 5.74) is 2.73. The van der Waals surface area contributed by atoms with Crippen molar-refractivity contribution in [2.45, 2.75) is 25.6 Å². The molecule has 0 fully saturated rings. The first-order valence-electron chi connectivity index (χ1n) is 7.91. The highest BCUT2D eigenvalue weighted by atomic mass is 35.5. The van der Waals surface area contributed by atoms with Gasteiger partial charge in [-0.2, -0.15) is 4.31 Å². The minimum Gasteiger partial charge on any atom is -0.351 e. The normalized spacial score (nSPS) is 17.8. The lowest BCUT2D eigenvalue weighted by molar-refractivity contribution is -0.125. The maximum Gasteiger partial charge on any atom is 0.239 e. The topological polar surface area (TPSA) is 66.5 Å². The van der Waals surface area contributed by atoms with Crippen molar-refractivity contribution < 1.29 is 13.2 Å². The molecule has 0 aliphatic carbocycles. The van der Waals surface area contributed by atoms with Gasteiger partial charge in [0.2, 0.25) is 15.9 Å². The fraction of sp³-hybridized carbons (Fsp3) is 0.278. The third kappa shape index (κ3) is 4.03. The zero-order valence-electron chi connectivity index (χ0n) is 13.8. The molecule has 0 saturated heterocycles. The molecule has 0 spiro atoms. The van der Waals surface area contributed by atoms with Gasteiger partial charge in [-0.15, -0.1) is 0 Å². The predicted molar refractivity (Wildman–Crippen MR) is 97.6 cm³/mol.